The number of rotatable bonds is 6. The number of aromatic nitrogens is 2. The maximum absolute atomic E-state index is 13.9. The van der Waals surface area contributed by atoms with Crippen LogP contribution in [0, 0.1) is 12.7 Å². The van der Waals surface area contributed by atoms with Gasteiger partial charge < -0.3 is 15.1 Å². The predicted molar refractivity (Wildman–Crippen MR) is 138 cm³/mol. The molecule has 3 aromatic rings. The lowest BCUT2D eigenvalue weighted by molar-refractivity contribution is -0.143. The third-order valence-corrected chi connectivity index (χ3v) is 7.22. The first-order valence-electron chi connectivity index (χ1n) is 12.8. The van der Waals surface area contributed by atoms with Crippen molar-refractivity contribution in [2.75, 3.05) is 25.0 Å². The lowest BCUT2D eigenvalue weighted by Crippen LogP contribution is -2.51. The van der Waals surface area contributed by atoms with Crippen LogP contribution in [-0.4, -0.2) is 47.1 Å². The Balaban J connectivity index is 1.51. The van der Waals surface area contributed by atoms with E-state index in [0.29, 0.717) is 42.9 Å². The average Bonchev–Trinajstić information content (AvgIpc) is 2.91. The SMILES string of the molecule is Cc1cc(F)ccc1[C@H]1C[C@@H](N(C)c2cnccn2)CCN1C(=O)NCCc1cc(C(F)(F)F)cc(C(F)(F)F)c1. The summed E-state index contributed by atoms with van der Waals surface area (Å²) in [5, 5.41) is 2.64. The molecular weight excluding hydrogens is 555 g/mol. The molecule has 1 saturated heterocycles. The maximum atomic E-state index is 13.9. The van der Waals surface area contributed by atoms with Gasteiger partial charge in [-0.3, -0.25) is 4.98 Å². The maximum Gasteiger partial charge on any atom is 0.416 e. The third-order valence-electron chi connectivity index (χ3n) is 7.22. The molecule has 0 bridgehead atoms. The zero-order valence-electron chi connectivity index (χ0n) is 22.2. The van der Waals surface area contributed by atoms with Gasteiger partial charge in [0.15, 0.2) is 0 Å². The van der Waals surface area contributed by atoms with Crippen molar-refractivity contribution in [3.8, 4) is 0 Å². The number of hydrogen-bond donors (Lipinski definition) is 1. The summed E-state index contributed by atoms with van der Waals surface area (Å²) in [5.41, 5.74) is -1.65. The van der Waals surface area contributed by atoms with Crippen LogP contribution in [-0.2, 0) is 18.8 Å². The molecule has 2 amide bonds. The first-order chi connectivity index (χ1) is 19.2. The number of anilines is 1. The summed E-state index contributed by atoms with van der Waals surface area (Å²) in [7, 11) is 1.86. The molecule has 0 unspecified atom stereocenters. The number of nitrogens with zero attached hydrogens (tertiary/aromatic N) is 4. The Hall–Kier alpha value is -3.90. The lowest BCUT2D eigenvalue weighted by Gasteiger charge is -2.43. The van der Waals surface area contributed by atoms with Gasteiger partial charge in [0, 0.05) is 38.6 Å². The number of carbonyl (C=O) groups excluding carboxylic acids is 1. The highest BCUT2D eigenvalue weighted by Gasteiger charge is 2.38. The number of nitrogens with one attached hydrogen (secondary N) is 1. The Labute approximate surface area is 232 Å². The average molecular weight is 584 g/mol. The van der Waals surface area contributed by atoms with E-state index in [1.54, 1.807) is 36.5 Å². The molecule has 0 aliphatic carbocycles. The number of piperidine rings is 1. The molecule has 1 aromatic heterocycles. The Morgan fingerprint density at radius 2 is 1.73 bits per heavy atom. The second-order valence-corrected chi connectivity index (χ2v) is 9.96. The zero-order chi connectivity index (χ0) is 29.9. The van der Waals surface area contributed by atoms with Crippen LogP contribution in [0.1, 0.15) is 46.7 Å². The van der Waals surface area contributed by atoms with E-state index in [1.165, 1.54) is 12.1 Å². The van der Waals surface area contributed by atoms with Crippen molar-refractivity contribution in [3.63, 3.8) is 0 Å². The second-order valence-electron chi connectivity index (χ2n) is 9.96. The fraction of sp³-hybridized carbons (Fsp3) is 0.393. The van der Waals surface area contributed by atoms with Crippen LogP contribution < -0.4 is 10.2 Å². The molecule has 1 aliphatic heterocycles. The van der Waals surface area contributed by atoms with Gasteiger partial charge in [0.1, 0.15) is 11.6 Å². The van der Waals surface area contributed by atoms with Crippen molar-refractivity contribution in [2.24, 2.45) is 0 Å². The van der Waals surface area contributed by atoms with Gasteiger partial charge in [0.05, 0.1) is 23.4 Å². The number of benzene rings is 2. The molecule has 0 saturated carbocycles. The van der Waals surface area contributed by atoms with E-state index >= 15 is 0 Å². The normalized spacial score (nSPS) is 17.8. The number of hydrogen-bond acceptors (Lipinski definition) is 4. The van der Waals surface area contributed by atoms with E-state index in [0.717, 1.165) is 5.56 Å². The quantitative estimate of drug-likeness (QED) is 0.334. The predicted octanol–water partition coefficient (Wildman–Crippen LogP) is 6.56. The minimum atomic E-state index is -4.96. The van der Waals surface area contributed by atoms with Crippen molar-refractivity contribution >= 4 is 11.8 Å². The summed E-state index contributed by atoms with van der Waals surface area (Å²) in [4.78, 5) is 25.2. The zero-order valence-corrected chi connectivity index (χ0v) is 22.2. The van der Waals surface area contributed by atoms with Gasteiger partial charge in [0.2, 0.25) is 0 Å². The van der Waals surface area contributed by atoms with Crippen LogP contribution in [0.3, 0.4) is 0 Å². The summed E-state index contributed by atoms with van der Waals surface area (Å²) < 4.78 is 93.1. The Morgan fingerprint density at radius 3 is 2.32 bits per heavy atom. The van der Waals surface area contributed by atoms with Crippen LogP contribution in [0.25, 0.3) is 0 Å². The van der Waals surface area contributed by atoms with Crippen LogP contribution in [0.5, 0.6) is 0 Å². The molecule has 1 fully saturated rings. The van der Waals surface area contributed by atoms with Crippen LogP contribution in [0.4, 0.5) is 41.3 Å². The highest BCUT2D eigenvalue weighted by atomic mass is 19.4. The van der Waals surface area contributed by atoms with Crippen molar-refractivity contribution in [2.45, 2.75) is 50.6 Å². The van der Waals surface area contributed by atoms with Gasteiger partial charge in [0.25, 0.3) is 0 Å². The first-order valence-corrected chi connectivity index (χ1v) is 12.8. The summed E-state index contributed by atoms with van der Waals surface area (Å²) in [5.74, 6) is 0.217. The number of aryl methyl sites for hydroxylation is 1. The third kappa shape index (κ3) is 7.25. The number of likely N-dealkylation sites (tertiary alicyclic amines) is 1. The Kier molecular flexibility index (Phi) is 8.74. The van der Waals surface area contributed by atoms with Crippen molar-refractivity contribution in [3.05, 3.63) is 88.6 Å². The van der Waals surface area contributed by atoms with Crippen molar-refractivity contribution in [1.82, 2.24) is 20.2 Å². The van der Waals surface area contributed by atoms with Crippen molar-refractivity contribution < 1.29 is 35.5 Å². The number of carbonyl (C=O) groups is 1. The topological polar surface area (TPSA) is 61.4 Å². The van der Waals surface area contributed by atoms with E-state index in [2.05, 4.69) is 15.3 Å². The lowest BCUT2D eigenvalue weighted by atomic mass is 9.89. The summed E-state index contributed by atoms with van der Waals surface area (Å²) >= 11 is 0. The van der Waals surface area contributed by atoms with E-state index in [-0.39, 0.29) is 30.6 Å². The Bertz CT molecular complexity index is 1330. The van der Waals surface area contributed by atoms with Gasteiger partial charge >= 0.3 is 18.4 Å². The van der Waals surface area contributed by atoms with Crippen LogP contribution in [0.15, 0.2) is 55.0 Å². The largest absolute Gasteiger partial charge is 0.416 e. The smallest absolute Gasteiger partial charge is 0.355 e. The molecule has 2 atom stereocenters. The standard InChI is InChI=1S/C28H28F7N5O/c1-17-11-21(29)3-4-23(17)24-15-22(39(2)25-16-36-8-9-37-25)6-10-40(24)26(41)38-7-5-18-12-19(27(30,31)32)14-20(13-18)28(33,34)35/h3-4,8-9,11-14,16,22,24H,5-7,10,15H2,1-2H3,(H,38,41)/t22-,24+/m0/s1. The monoisotopic (exact) mass is 583 g/mol. The molecule has 4 rings (SSSR count). The molecule has 2 heterocycles. The van der Waals surface area contributed by atoms with E-state index in [1.807, 2.05) is 11.9 Å². The van der Waals surface area contributed by atoms with E-state index in [9.17, 15) is 35.5 Å². The van der Waals surface area contributed by atoms with Crippen molar-refractivity contribution in [1.29, 1.82) is 0 Å². The van der Waals surface area contributed by atoms with Gasteiger partial charge in [-0.15, -0.1) is 0 Å². The highest BCUT2D eigenvalue weighted by molar-refractivity contribution is 5.75. The highest BCUT2D eigenvalue weighted by Crippen LogP contribution is 2.37. The molecule has 1 N–H and O–H groups in total. The van der Waals surface area contributed by atoms with Gasteiger partial charge in [-0.05, 0) is 73.2 Å². The summed E-state index contributed by atoms with van der Waals surface area (Å²) in [6.45, 7) is 1.84. The van der Waals surface area contributed by atoms with Gasteiger partial charge in [-0.1, -0.05) is 6.07 Å². The minimum absolute atomic E-state index is 0.0453. The molecule has 220 valence electrons. The van der Waals surface area contributed by atoms with Gasteiger partial charge in [-0.25, -0.2) is 14.2 Å². The molecular formula is C28H28F7N5O. The molecule has 13 heteroatoms. The molecule has 41 heavy (non-hydrogen) atoms. The Morgan fingerprint density at radius 1 is 1.05 bits per heavy atom. The van der Waals surface area contributed by atoms with E-state index in [4.69, 9.17) is 0 Å². The minimum Gasteiger partial charge on any atom is -0.355 e. The molecule has 0 spiro atoms. The molecule has 0 radical (unpaired) electrons. The molecule has 6 nitrogen and oxygen atoms in total. The van der Waals surface area contributed by atoms with Crippen LogP contribution >= 0.6 is 0 Å². The fourth-order valence-corrected chi connectivity index (χ4v) is 5.09. The van der Waals surface area contributed by atoms with Crippen LogP contribution in [0.2, 0.25) is 0 Å². The molecule has 2 aromatic carbocycles. The number of halogens is 7. The fourth-order valence-electron chi connectivity index (χ4n) is 5.09. The first kappa shape index (κ1) is 30.1. The summed E-state index contributed by atoms with van der Waals surface area (Å²) in [6.07, 6.45) is -4.39. The number of urea groups is 1. The van der Waals surface area contributed by atoms with E-state index < -0.39 is 41.4 Å². The van der Waals surface area contributed by atoms with Gasteiger partial charge in [-0.2, -0.15) is 26.3 Å². The number of alkyl halides is 6. The summed E-state index contributed by atoms with van der Waals surface area (Å²) in [6, 6.07) is 4.62. The number of amides is 2. The second kappa shape index (κ2) is 11.9. The molecule has 1 aliphatic rings.